The Balaban J connectivity index is 1.88. The summed E-state index contributed by atoms with van der Waals surface area (Å²) in [6, 6.07) is 11.6. The van der Waals surface area contributed by atoms with E-state index >= 15 is 0 Å². The number of nitrogens with zero attached hydrogens (tertiary/aromatic N) is 2. The van der Waals surface area contributed by atoms with Crippen molar-refractivity contribution in [1.29, 1.82) is 0 Å². The first-order valence-corrected chi connectivity index (χ1v) is 9.36. The number of benzene rings is 1. The molecule has 0 saturated carbocycles. The van der Waals surface area contributed by atoms with Crippen LogP contribution in [-0.4, -0.2) is 34.2 Å². The number of nitrogens with one attached hydrogen (secondary N) is 2. The van der Waals surface area contributed by atoms with E-state index in [0.717, 1.165) is 12.1 Å². The zero-order valence-corrected chi connectivity index (χ0v) is 16.4. The Morgan fingerprint density at radius 3 is 2.64 bits per heavy atom. The number of aromatic nitrogens is 2. The second-order valence-electron chi connectivity index (χ2n) is 6.27. The van der Waals surface area contributed by atoms with E-state index in [1.165, 1.54) is 0 Å². The fourth-order valence-corrected chi connectivity index (χ4v) is 2.73. The van der Waals surface area contributed by atoms with Crippen LogP contribution in [0.3, 0.4) is 0 Å². The molecular formula is C20H21ClN4O3. The van der Waals surface area contributed by atoms with Crippen LogP contribution in [0.2, 0.25) is 5.02 Å². The quantitative estimate of drug-likeness (QED) is 0.635. The van der Waals surface area contributed by atoms with Crippen LogP contribution >= 0.6 is 11.6 Å². The van der Waals surface area contributed by atoms with Gasteiger partial charge >= 0.3 is 0 Å². The van der Waals surface area contributed by atoms with Gasteiger partial charge in [0.1, 0.15) is 11.7 Å². The van der Waals surface area contributed by atoms with Crippen LogP contribution in [0.15, 0.2) is 53.1 Å². The van der Waals surface area contributed by atoms with E-state index in [2.05, 4.69) is 15.7 Å². The Morgan fingerprint density at radius 2 is 2.00 bits per heavy atom. The van der Waals surface area contributed by atoms with E-state index in [0.29, 0.717) is 23.0 Å². The van der Waals surface area contributed by atoms with Gasteiger partial charge in [-0.15, -0.1) is 0 Å². The van der Waals surface area contributed by atoms with Crippen LogP contribution in [0.4, 0.5) is 0 Å². The van der Waals surface area contributed by atoms with Gasteiger partial charge in [0, 0.05) is 17.6 Å². The van der Waals surface area contributed by atoms with Crippen molar-refractivity contribution in [2.75, 3.05) is 6.54 Å². The highest BCUT2D eigenvalue weighted by Gasteiger charge is 2.21. The normalized spacial score (nSPS) is 11.8. The fourth-order valence-electron chi connectivity index (χ4n) is 2.61. The van der Waals surface area contributed by atoms with Crippen LogP contribution < -0.4 is 10.6 Å². The average molecular weight is 401 g/mol. The first-order chi connectivity index (χ1) is 13.5. The number of hydrogen-bond donors (Lipinski definition) is 2. The molecule has 2 N–H and O–H groups in total. The van der Waals surface area contributed by atoms with Gasteiger partial charge in [0.2, 0.25) is 5.91 Å². The number of halogens is 1. The van der Waals surface area contributed by atoms with Gasteiger partial charge in [0.05, 0.1) is 12.0 Å². The van der Waals surface area contributed by atoms with Gasteiger partial charge in [0.25, 0.3) is 5.91 Å². The SMILES string of the molecule is CCCNC(=O)[C@H](C)NC(=O)c1cc(-c2ccco2)n(-c2ccc(Cl)cc2)n1. The number of hydrogen-bond acceptors (Lipinski definition) is 4. The lowest BCUT2D eigenvalue weighted by Crippen LogP contribution is -2.45. The predicted molar refractivity (Wildman–Crippen MR) is 107 cm³/mol. The van der Waals surface area contributed by atoms with Gasteiger partial charge in [-0.3, -0.25) is 9.59 Å². The van der Waals surface area contributed by atoms with Crippen LogP contribution in [0.1, 0.15) is 30.8 Å². The van der Waals surface area contributed by atoms with Gasteiger partial charge in [-0.1, -0.05) is 18.5 Å². The van der Waals surface area contributed by atoms with Crippen LogP contribution in [0.5, 0.6) is 0 Å². The van der Waals surface area contributed by atoms with Crippen molar-refractivity contribution in [3.8, 4) is 17.1 Å². The van der Waals surface area contributed by atoms with Crippen LogP contribution in [-0.2, 0) is 4.79 Å². The van der Waals surface area contributed by atoms with Gasteiger partial charge in [-0.05, 0) is 49.7 Å². The molecule has 2 aromatic heterocycles. The molecule has 8 heteroatoms. The molecule has 146 valence electrons. The van der Waals surface area contributed by atoms with Crippen molar-refractivity contribution in [1.82, 2.24) is 20.4 Å². The molecule has 0 aliphatic rings. The third-order valence-corrected chi connectivity index (χ3v) is 4.33. The third kappa shape index (κ3) is 4.43. The minimum atomic E-state index is -0.674. The Hall–Kier alpha value is -3.06. The highest BCUT2D eigenvalue weighted by molar-refractivity contribution is 6.30. The zero-order chi connectivity index (χ0) is 20.1. The summed E-state index contributed by atoms with van der Waals surface area (Å²) in [6.45, 7) is 4.16. The summed E-state index contributed by atoms with van der Waals surface area (Å²) in [4.78, 5) is 24.6. The van der Waals surface area contributed by atoms with Crippen molar-refractivity contribution in [3.05, 3.63) is 59.4 Å². The monoisotopic (exact) mass is 400 g/mol. The summed E-state index contributed by atoms with van der Waals surface area (Å²) < 4.78 is 7.08. The molecule has 0 radical (unpaired) electrons. The smallest absolute Gasteiger partial charge is 0.272 e. The minimum Gasteiger partial charge on any atom is -0.463 e. The lowest BCUT2D eigenvalue weighted by Gasteiger charge is -2.12. The lowest BCUT2D eigenvalue weighted by molar-refractivity contribution is -0.122. The third-order valence-electron chi connectivity index (χ3n) is 4.08. The summed E-state index contributed by atoms with van der Waals surface area (Å²) in [7, 11) is 0. The summed E-state index contributed by atoms with van der Waals surface area (Å²) >= 11 is 5.97. The Morgan fingerprint density at radius 1 is 1.25 bits per heavy atom. The maximum absolute atomic E-state index is 12.6. The molecule has 1 aromatic carbocycles. The molecular weight excluding hydrogens is 380 g/mol. The summed E-state index contributed by atoms with van der Waals surface area (Å²) in [6.07, 6.45) is 2.37. The molecule has 2 heterocycles. The van der Waals surface area contributed by atoms with Crippen molar-refractivity contribution >= 4 is 23.4 Å². The van der Waals surface area contributed by atoms with Gasteiger partial charge in [-0.2, -0.15) is 5.10 Å². The number of rotatable bonds is 7. The van der Waals surface area contributed by atoms with Gasteiger partial charge in [0.15, 0.2) is 11.5 Å². The molecule has 0 saturated heterocycles. The number of carbonyl (C=O) groups excluding carboxylic acids is 2. The standard InChI is InChI=1S/C20H21ClN4O3/c1-3-10-22-19(26)13(2)23-20(27)16-12-17(18-5-4-11-28-18)25(24-16)15-8-6-14(21)7-9-15/h4-9,11-13H,3,10H2,1-2H3,(H,22,26)(H,23,27)/t13-/m0/s1. The second-order valence-corrected chi connectivity index (χ2v) is 6.70. The molecule has 0 unspecified atom stereocenters. The summed E-state index contributed by atoms with van der Waals surface area (Å²) in [5.74, 6) is -0.117. The molecule has 7 nitrogen and oxygen atoms in total. The van der Waals surface area contributed by atoms with Crippen molar-refractivity contribution in [2.45, 2.75) is 26.3 Å². The van der Waals surface area contributed by atoms with Crippen molar-refractivity contribution < 1.29 is 14.0 Å². The topological polar surface area (TPSA) is 89.2 Å². The molecule has 0 aliphatic carbocycles. The van der Waals surface area contributed by atoms with E-state index in [1.807, 2.05) is 6.92 Å². The lowest BCUT2D eigenvalue weighted by atomic mass is 10.2. The molecule has 2 amide bonds. The Kier molecular flexibility index (Phi) is 6.16. The van der Waals surface area contributed by atoms with Crippen LogP contribution in [0, 0.1) is 0 Å². The first kappa shape index (κ1) is 19.7. The van der Waals surface area contributed by atoms with E-state index < -0.39 is 11.9 Å². The van der Waals surface area contributed by atoms with Crippen molar-refractivity contribution in [2.24, 2.45) is 0 Å². The van der Waals surface area contributed by atoms with E-state index in [4.69, 9.17) is 16.0 Å². The predicted octanol–water partition coefficient (Wildman–Crippen LogP) is 3.43. The number of amides is 2. The molecule has 0 fully saturated rings. The molecule has 0 bridgehead atoms. The minimum absolute atomic E-state index is 0.177. The molecule has 3 rings (SSSR count). The largest absolute Gasteiger partial charge is 0.463 e. The highest BCUT2D eigenvalue weighted by Crippen LogP contribution is 2.25. The zero-order valence-electron chi connectivity index (χ0n) is 15.6. The van der Waals surface area contributed by atoms with Gasteiger partial charge in [-0.25, -0.2) is 4.68 Å². The molecule has 0 spiro atoms. The van der Waals surface area contributed by atoms with E-state index in [-0.39, 0.29) is 11.6 Å². The average Bonchev–Trinajstić information content (AvgIpc) is 3.36. The van der Waals surface area contributed by atoms with E-state index in [1.54, 1.807) is 60.3 Å². The maximum Gasteiger partial charge on any atom is 0.272 e. The Labute approximate surface area is 167 Å². The number of carbonyl (C=O) groups is 2. The molecule has 0 aliphatic heterocycles. The van der Waals surface area contributed by atoms with E-state index in [9.17, 15) is 9.59 Å². The fraction of sp³-hybridized carbons (Fsp3) is 0.250. The number of furan rings is 1. The summed E-state index contributed by atoms with van der Waals surface area (Å²) in [5.41, 5.74) is 1.51. The summed E-state index contributed by atoms with van der Waals surface area (Å²) in [5, 5.41) is 10.4. The molecule has 28 heavy (non-hydrogen) atoms. The first-order valence-electron chi connectivity index (χ1n) is 8.98. The molecule has 1 atom stereocenters. The second kappa shape index (κ2) is 8.75. The highest BCUT2D eigenvalue weighted by atomic mass is 35.5. The van der Waals surface area contributed by atoms with Crippen LogP contribution in [0.25, 0.3) is 17.1 Å². The van der Waals surface area contributed by atoms with Crippen molar-refractivity contribution in [3.63, 3.8) is 0 Å². The molecule has 3 aromatic rings. The Bertz CT molecular complexity index is 949. The van der Waals surface area contributed by atoms with Gasteiger partial charge < -0.3 is 15.1 Å². The maximum atomic E-state index is 12.6.